The average Bonchev–Trinajstić information content (AvgIpc) is 2.85. The van der Waals surface area contributed by atoms with Crippen LogP contribution >= 0.6 is 11.3 Å². The molecule has 1 heterocycles. The molecule has 1 aromatic heterocycles. The zero-order valence-corrected chi connectivity index (χ0v) is 12.2. The van der Waals surface area contributed by atoms with Gasteiger partial charge in [0.05, 0.1) is 12.6 Å². The normalized spacial score (nSPS) is 12.4. The number of hydrogen-bond acceptors (Lipinski definition) is 4. The molecule has 0 aliphatic rings. The fourth-order valence-electron chi connectivity index (χ4n) is 2.05. The number of thiophene rings is 1. The zero-order valence-electron chi connectivity index (χ0n) is 11.3. The van der Waals surface area contributed by atoms with Crippen LogP contribution in [0.1, 0.15) is 35.4 Å². The van der Waals surface area contributed by atoms with Crippen molar-refractivity contribution in [2.24, 2.45) is 5.84 Å². The van der Waals surface area contributed by atoms with Gasteiger partial charge in [0.1, 0.15) is 5.75 Å². The number of hydrazine groups is 1. The standard InChI is InChI=1S/C15H20N2OS/c1-3-9-18-13-7-5-4-6-12(13)14(17-16)15-11(2)8-10-19-15/h4-8,10,14,17H,3,9,16H2,1-2H3. The molecule has 3 N–H and O–H groups in total. The van der Waals surface area contributed by atoms with Gasteiger partial charge in [-0.05, 0) is 36.4 Å². The second kappa shape index (κ2) is 6.70. The quantitative estimate of drug-likeness (QED) is 0.628. The first-order valence-corrected chi connectivity index (χ1v) is 7.37. The van der Waals surface area contributed by atoms with E-state index in [1.807, 2.05) is 18.2 Å². The molecule has 0 aliphatic heterocycles. The van der Waals surface area contributed by atoms with Crippen molar-refractivity contribution in [1.29, 1.82) is 0 Å². The molecule has 102 valence electrons. The minimum Gasteiger partial charge on any atom is -0.493 e. The zero-order chi connectivity index (χ0) is 13.7. The molecule has 0 saturated carbocycles. The van der Waals surface area contributed by atoms with Crippen LogP contribution in [0.25, 0.3) is 0 Å². The predicted molar refractivity (Wildman–Crippen MR) is 80.5 cm³/mol. The van der Waals surface area contributed by atoms with Crippen LogP contribution in [0, 0.1) is 6.92 Å². The molecular weight excluding hydrogens is 256 g/mol. The summed E-state index contributed by atoms with van der Waals surface area (Å²) in [5, 5.41) is 2.09. The molecule has 3 nitrogen and oxygen atoms in total. The first kappa shape index (κ1) is 14.1. The SMILES string of the molecule is CCCOc1ccccc1C(NN)c1sccc1C. The lowest BCUT2D eigenvalue weighted by Gasteiger charge is -2.19. The van der Waals surface area contributed by atoms with Gasteiger partial charge >= 0.3 is 0 Å². The Bertz CT molecular complexity index is 524. The Balaban J connectivity index is 2.35. The molecule has 0 spiro atoms. The summed E-state index contributed by atoms with van der Waals surface area (Å²) >= 11 is 1.71. The Morgan fingerprint density at radius 2 is 2.11 bits per heavy atom. The molecule has 0 saturated heterocycles. The van der Waals surface area contributed by atoms with Crippen LogP contribution in [0.4, 0.5) is 0 Å². The van der Waals surface area contributed by atoms with Crippen molar-refractivity contribution in [1.82, 2.24) is 5.43 Å². The summed E-state index contributed by atoms with van der Waals surface area (Å²) in [6, 6.07) is 10.2. The lowest BCUT2D eigenvalue weighted by Crippen LogP contribution is -2.29. The summed E-state index contributed by atoms with van der Waals surface area (Å²) in [6.45, 7) is 4.92. The summed E-state index contributed by atoms with van der Waals surface area (Å²) in [7, 11) is 0. The van der Waals surface area contributed by atoms with Crippen molar-refractivity contribution >= 4 is 11.3 Å². The topological polar surface area (TPSA) is 47.3 Å². The van der Waals surface area contributed by atoms with Crippen LogP contribution in [0.2, 0.25) is 0 Å². The summed E-state index contributed by atoms with van der Waals surface area (Å²) in [6.07, 6.45) is 0.993. The van der Waals surface area contributed by atoms with Crippen molar-refractivity contribution in [2.75, 3.05) is 6.61 Å². The van der Waals surface area contributed by atoms with E-state index in [9.17, 15) is 0 Å². The average molecular weight is 276 g/mol. The van der Waals surface area contributed by atoms with Gasteiger partial charge in [0.2, 0.25) is 0 Å². The van der Waals surface area contributed by atoms with E-state index < -0.39 is 0 Å². The van der Waals surface area contributed by atoms with Crippen molar-refractivity contribution < 1.29 is 4.74 Å². The largest absolute Gasteiger partial charge is 0.493 e. The van der Waals surface area contributed by atoms with E-state index in [2.05, 4.69) is 36.8 Å². The van der Waals surface area contributed by atoms with Crippen LogP contribution in [0.3, 0.4) is 0 Å². The molecule has 0 fully saturated rings. The molecule has 0 amide bonds. The maximum atomic E-state index is 5.82. The highest BCUT2D eigenvalue weighted by atomic mass is 32.1. The Kier molecular flexibility index (Phi) is 4.96. The van der Waals surface area contributed by atoms with Crippen molar-refractivity contribution in [2.45, 2.75) is 26.3 Å². The van der Waals surface area contributed by atoms with Gasteiger partial charge in [-0.25, -0.2) is 5.43 Å². The third kappa shape index (κ3) is 3.15. The number of ether oxygens (including phenoxy) is 1. The van der Waals surface area contributed by atoms with Crippen molar-refractivity contribution in [3.8, 4) is 5.75 Å². The number of aryl methyl sites for hydroxylation is 1. The van der Waals surface area contributed by atoms with Gasteiger partial charge in [0, 0.05) is 10.4 Å². The third-order valence-electron chi connectivity index (χ3n) is 3.02. The number of para-hydroxylation sites is 1. The van der Waals surface area contributed by atoms with Gasteiger partial charge in [-0.2, -0.15) is 0 Å². The molecule has 0 aliphatic carbocycles. The summed E-state index contributed by atoms with van der Waals surface area (Å²) in [4.78, 5) is 1.23. The summed E-state index contributed by atoms with van der Waals surface area (Å²) in [5.41, 5.74) is 5.24. The molecule has 0 radical (unpaired) electrons. The number of rotatable bonds is 6. The van der Waals surface area contributed by atoms with E-state index in [1.165, 1.54) is 10.4 Å². The maximum absolute atomic E-state index is 5.82. The van der Waals surface area contributed by atoms with Gasteiger partial charge < -0.3 is 4.74 Å². The number of benzene rings is 1. The predicted octanol–water partition coefficient (Wildman–Crippen LogP) is 3.40. The molecule has 19 heavy (non-hydrogen) atoms. The van der Waals surface area contributed by atoms with Crippen LogP contribution in [-0.2, 0) is 0 Å². The molecular formula is C15H20N2OS. The Hall–Kier alpha value is -1.36. The molecule has 1 atom stereocenters. The Labute approximate surface area is 118 Å². The van der Waals surface area contributed by atoms with Crippen LogP contribution in [0.5, 0.6) is 5.75 Å². The molecule has 1 aromatic carbocycles. The van der Waals surface area contributed by atoms with Gasteiger partial charge in [-0.15, -0.1) is 11.3 Å². The minimum absolute atomic E-state index is 0.0203. The monoisotopic (exact) mass is 276 g/mol. The fraction of sp³-hybridized carbons (Fsp3) is 0.333. The lowest BCUT2D eigenvalue weighted by atomic mass is 10.0. The van der Waals surface area contributed by atoms with Crippen LogP contribution in [-0.4, -0.2) is 6.61 Å². The van der Waals surface area contributed by atoms with Gasteiger partial charge in [0.25, 0.3) is 0 Å². The molecule has 2 aromatic rings. The van der Waals surface area contributed by atoms with Gasteiger partial charge in [-0.1, -0.05) is 25.1 Å². The molecule has 0 bridgehead atoms. The highest BCUT2D eigenvalue weighted by molar-refractivity contribution is 7.10. The van der Waals surface area contributed by atoms with E-state index in [0.29, 0.717) is 0 Å². The number of hydrogen-bond donors (Lipinski definition) is 2. The first-order valence-electron chi connectivity index (χ1n) is 6.49. The fourth-order valence-corrected chi connectivity index (χ4v) is 3.05. The van der Waals surface area contributed by atoms with Crippen molar-refractivity contribution in [3.63, 3.8) is 0 Å². The van der Waals surface area contributed by atoms with Crippen LogP contribution in [0.15, 0.2) is 35.7 Å². The highest BCUT2D eigenvalue weighted by Crippen LogP contribution is 2.33. The smallest absolute Gasteiger partial charge is 0.124 e. The lowest BCUT2D eigenvalue weighted by molar-refractivity contribution is 0.312. The Morgan fingerprint density at radius 1 is 1.32 bits per heavy atom. The van der Waals surface area contributed by atoms with E-state index in [0.717, 1.165) is 24.3 Å². The second-order valence-electron chi connectivity index (χ2n) is 4.45. The van der Waals surface area contributed by atoms with Crippen LogP contribution < -0.4 is 16.0 Å². The third-order valence-corrected chi connectivity index (χ3v) is 4.11. The molecule has 1 unspecified atom stereocenters. The molecule has 4 heteroatoms. The second-order valence-corrected chi connectivity index (χ2v) is 5.40. The van der Waals surface area contributed by atoms with E-state index in [1.54, 1.807) is 11.3 Å². The van der Waals surface area contributed by atoms with E-state index >= 15 is 0 Å². The van der Waals surface area contributed by atoms with Crippen molar-refractivity contribution in [3.05, 3.63) is 51.7 Å². The van der Waals surface area contributed by atoms with E-state index in [4.69, 9.17) is 10.6 Å². The number of nitrogens with one attached hydrogen (secondary N) is 1. The van der Waals surface area contributed by atoms with Gasteiger partial charge in [-0.3, -0.25) is 5.84 Å². The first-order chi connectivity index (χ1) is 9.27. The maximum Gasteiger partial charge on any atom is 0.124 e. The Morgan fingerprint density at radius 3 is 2.74 bits per heavy atom. The summed E-state index contributed by atoms with van der Waals surface area (Å²) < 4.78 is 5.82. The van der Waals surface area contributed by atoms with Gasteiger partial charge in [0.15, 0.2) is 0 Å². The highest BCUT2D eigenvalue weighted by Gasteiger charge is 2.19. The number of nitrogens with two attached hydrogens (primary N) is 1. The molecule has 2 rings (SSSR count). The van der Waals surface area contributed by atoms with E-state index in [-0.39, 0.29) is 6.04 Å². The minimum atomic E-state index is -0.0203. The summed E-state index contributed by atoms with van der Waals surface area (Å²) in [5.74, 6) is 6.67.